The minimum absolute atomic E-state index is 0.123. The number of rotatable bonds is 7. The summed E-state index contributed by atoms with van der Waals surface area (Å²) in [5.41, 5.74) is 0.917. The van der Waals surface area contributed by atoms with Crippen LogP contribution in [0.3, 0.4) is 0 Å². The lowest BCUT2D eigenvalue weighted by molar-refractivity contribution is -0.387. The molecule has 0 saturated carbocycles. The van der Waals surface area contributed by atoms with Crippen molar-refractivity contribution in [1.29, 1.82) is 0 Å². The Bertz CT molecular complexity index is 817. The fourth-order valence-electron chi connectivity index (χ4n) is 2.45. The maximum atomic E-state index is 12.6. The maximum absolute atomic E-state index is 12.6. The second kappa shape index (κ2) is 7.39. The Morgan fingerprint density at radius 2 is 2.04 bits per heavy atom. The van der Waals surface area contributed by atoms with Gasteiger partial charge in [0.1, 0.15) is 0 Å². The van der Waals surface area contributed by atoms with Crippen molar-refractivity contribution in [3.05, 3.63) is 56.3 Å². The highest BCUT2D eigenvalue weighted by atomic mass is 32.2. The van der Waals surface area contributed by atoms with E-state index in [2.05, 4.69) is 4.72 Å². The Morgan fingerprint density at radius 1 is 1.33 bits per heavy atom. The molecule has 1 heterocycles. The summed E-state index contributed by atoms with van der Waals surface area (Å²) in [7, 11) is -0.293. The first-order chi connectivity index (χ1) is 11.2. The molecule has 0 amide bonds. The first-order valence-electron chi connectivity index (χ1n) is 7.16. The van der Waals surface area contributed by atoms with Crippen LogP contribution >= 0.6 is 11.3 Å². The molecule has 0 aliphatic rings. The molecule has 1 aromatic carbocycles. The van der Waals surface area contributed by atoms with Gasteiger partial charge < -0.3 is 4.90 Å². The molecule has 0 spiro atoms. The normalized spacial score (nSPS) is 13.2. The number of hydrogen-bond donors (Lipinski definition) is 1. The monoisotopic (exact) mass is 369 g/mol. The summed E-state index contributed by atoms with van der Waals surface area (Å²) in [6.07, 6.45) is 0. The van der Waals surface area contributed by atoms with Gasteiger partial charge in [0.2, 0.25) is 10.0 Å². The molecule has 2 rings (SSSR count). The van der Waals surface area contributed by atoms with Crippen LogP contribution < -0.4 is 4.72 Å². The molecule has 1 aromatic heterocycles. The summed E-state index contributed by atoms with van der Waals surface area (Å²) in [4.78, 5) is 12.1. The zero-order chi connectivity index (χ0) is 17.9. The Hall–Kier alpha value is -1.81. The van der Waals surface area contributed by atoms with Gasteiger partial charge in [0.25, 0.3) is 5.69 Å². The number of thiophene rings is 1. The number of aryl methyl sites for hydroxylation is 1. The van der Waals surface area contributed by atoms with Crippen molar-refractivity contribution in [2.24, 2.45) is 0 Å². The van der Waals surface area contributed by atoms with Gasteiger partial charge >= 0.3 is 0 Å². The van der Waals surface area contributed by atoms with Crippen LogP contribution in [0.25, 0.3) is 0 Å². The van der Waals surface area contributed by atoms with E-state index in [-0.39, 0.29) is 17.5 Å². The molecule has 0 radical (unpaired) electrons. The van der Waals surface area contributed by atoms with Crippen molar-refractivity contribution in [3.63, 3.8) is 0 Å². The third-order valence-corrected chi connectivity index (χ3v) is 5.99. The van der Waals surface area contributed by atoms with E-state index >= 15 is 0 Å². The molecule has 0 aliphatic carbocycles. The van der Waals surface area contributed by atoms with E-state index in [1.807, 2.05) is 35.8 Å². The van der Waals surface area contributed by atoms with Gasteiger partial charge in [-0.25, -0.2) is 13.1 Å². The smallest absolute Gasteiger partial charge is 0.289 e. The summed E-state index contributed by atoms with van der Waals surface area (Å²) in [6, 6.07) is 5.99. The fourth-order valence-corrected chi connectivity index (χ4v) is 4.59. The van der Waals surface area contributed by atoms with Crippen molar-refractivity contribution >= 4 is 27.0 Å². The Balaban J connectivity index is 2.31. The van der Waals surface area contributed by atoms with Crippen LogP contribution in [-0.4, -0.2) is 38.9 Å². The molecule has 130 valence electrons. The van der Waals surface area contributed by atoms with E-state index in [1.165, 1.54) is 23.5 Å². The Kier molecular flexibility index (Phi) is 5.70. The number of benzene rings is 1. The highest BCUT2D eigenvalue weighted by Gasteiger charge is 2.28. The van der Waals surface area contributed by atoms with Crippen LogP contribution in [-0.2, 0) is 10.0 Å². The first-order valence-corrected chi connectivity index (χ1v) is 9.59. The van der Waals surface area contributed by atoms with Gasteiger partial charge in [-0.3, -0.25) is 10.1 Å². The van der Waals surface area contributed by atoms with Crippen molar-refractivity contribution in [2.75, 3.05) is 20.6 Å². The van der Waals surface area contributed by atoms with Crippen LogP contribution in [0.1, 0.15) is 17.2 Å². The lowest BCUT2D eigenvalue weighted by Gasteiger charge is -2.24. The lowest BCUT2D eigenvalue weighted by Crippen LogP contribution is -2.34. The first kappa shape index (κ1) is 18.5. The summed E-state index contributed by atoms with van der Waals surface area (Å²) in [5.74, 6) is 0. The minimum Gasteiger partial charge on any atom is -0.301 e. The van der Waals surface area contributed by atoms with E-state index in [9.17, 15) is 18.5 Å². The molecule has 0 saturated heterocycles. The molecule has 0 aliphatic heterocycles. The molecule has 24 heavy (non-hydrogen) atoms. The van der Waals surface area contributed by atoms with Crippen molar-refractivity contribution in [1.82, 2.24) is 9.62 Å². The van der Waals surface area contributed by atoms with E-state index < -0.39 is 20.6 Å². The summed E-state index contributed by atoms with van der Waals surface area (Å²) >= 11 is 1.53. The predicted molar refractivity (Wildman–Crippen MR) is 93.8 cm³/mol. The molecular weight excluding hydrogens is 350 g/mol. The van der Waals surface area contributed by atoms with Crippen molar-refractivity contribution < 1.29 is 13.3 Å². The third kappa shape index (κ3) is 3.99. The van der Waals surface area contributed by atoms with E-state index in [4.69, 9.17) is 0 Å². The largest absolute Gasteiger partial charge is 0.301 e. The molecule has 2 aromatic rings. The van der Waals surface area contributed by atoms with Gasteiger partial charge in [-0.15, -0.1) is 0 Å². The summed E-state index contributed by atoms with van der Waals surface area (Å²) in [6.45, 7) is 1.67. The number of hydrogen-bond acceptors (Lipinski definition) is 6. The number of nitrogens with one attached hydrogen (secondary N) is 1. The number of nitro benzene ring substituents is 1. The quantitative estimate of drug-likeness (QED) is 0.598. The maximum Gasteiger partial charge on any atom is 0.289 e. The van der Waals surface area contributed by atoms with Crippen LogP contribution in [0, 0.1) is 17.0 Å². The summed E-state index contributed by atoms with van der Waals surface area (Å²) in [5, 5.41) is 15.0. The molecule has 1 N–H and O–H groups in total. The fraction of sp³-hybridized carbons (Fsp3) is 0.333. The van der Waals surface area contributed by atoms with Gasteiger partial charge in [-0.05, 0) is 49.0 Å². The average molecular weight is 369 g/mol. The summed E-state index contributed by atoms with van der Waals surface area (Å²) < 4.78 is 27.8. The molecule has 0 unspecified atom stereocenters. The molecule has 1 atom stereocenters. The second-order valence-corrected chi connectivity index (χ2v) is 8.05. The molecule has 0 bridgehead atoms. The van der Waals surface area contributed by atoms with Crippen molar-refractivity contribution in [2.45, 2.75) is 17.9 Å². The predicted octanol–water partition coefficient (Wildman–Crippen LogP) is 2.55. The molecule has 0 fully saturated rings. The molecular formula is C15H19N3O4S2. The molecule has 7 nitrogen and oxygen atoms in total. The highest BCUT2D eigenvalue weighted by Crippen LogP contribution is 2.27. The van der Waals surface area contributed by atoms with Crippen LogP contribution in [0.5, 0.6) is 0 Å². The Morgan fingerprint density at radius 3 is 2.58 bits per heavy atom. The highest BCUT2D eigenvalue weighted by molar-refractivity contribution is 7.89. The number of nitro groups is 1. The van der Waals surface area contributed by atoms with E-state index in [1.54, 1.807) is 13.0 Å². The third-order valence-electron chi connectivity index (χ3n) is 3.67. The number of nitrogens with zero attached hydrogens (tertiary/aromatic N) is 2. The Labute approximate surface area is 145 Å². The van der Waals surface area contributed by atoms with E-state index in [0.717, 1.165) is 5.56 Å². The van der Waals surface area contributed by atoms with Crippen LogP contribution in [0.2, 0.25) is 0 Å². The van der Waals surface area contributed by atoms with Crippen LogP contribution in [0.4, 0.5) is 5.69 Å². The zero-order valence-electron chi connectivity index (χ0n) is 13.6. The standard InChI is InChI=1S/C15H19N3O4S2/c1-11-5-4-6-13(18(19)20)15(11)24(21,22)16-9-14(17(2)3)12-7-8-23-10-12/h4-8,10,14,16H,9H2,1-3H3/t14-/m0/s1. The number of sulfonamides is 1. The van der Waals surface area contributed by atoms with Gasteiger partial charge in [0.15, 0.2) is 4.90 Å². The number of likely N-dealkylation sites (N-methyl/N-ethyl adjacent to an activating group) is 1. The van der Waals surface area contributed by atoms with Gasteiger partial charge in [0, 0.05) is 18.7 Å². The minimum atomic E-state index is -4.00. The second-order valence-electron chi connectivity index (χ2n) is 5.57. The van der Waals surface area contributed by atoms with E-state index in [0.29, 0.717) is 5.56 Å². The zero-order valence-corrected chi connectivity index (χ0v) is 15.2. The molecule has 9 heteroatoms. The van der Waals surface area contributed by atoms with Gasteiger partial charge in [-0.2, -0.15) is 11.3 Å². The SMILES string of the molecule is Cc1cccc([N+](=O)[O-])c1S(=O)(=O)NC[C@@H](c1ccsc1)N(C)C. The average Bonchev–Trinajstić information content (AvgIpc) is 3.00. The lowest BCUT2D eigenvalue weighted by atomic mass is 10.1. The topological polar surface area (TPSA) is 92.5 Å². The van der Waals surface area contributed by atoms with Gasteiger partial charge in [0.05, 0.1) is 4.92 Å². The van der Waals surface area contributed by atoms with Crippen LogP contribution in [0.15, 0.2) is 39.9 Å². The van der Waals surface area contributed by atoms with Crippen molar-refractivity contribution in [3.8, 4) is 0 Å². The van der Waals surface area contributed by atoms with Gasteiger partial charge in [-0.1, -0.05) is 12.1 Å².